The zero-order valence-electron chi connectivity index (χ0n) is 16.0. The highest BCUT2D eigenvalue weighted by atomic mass is 16.5. The first-order valence-corrected chi connectivity index (χ1v) is 8.54. The molecule has 0 saturated carbocycles. The van der Waals surface area contributed by atoms with Gasteiger partial charge in [-0.2, -0.15) is 0 Å². The largest absolute Gasteiger partial charge is 0.496 e. The molecule has 7 heteroatoms. The third kappa shape index (κ3) is 3.59. The molecule has 1 aromatic carbocycles. The van der Waals surface area contributed by atoms with Gasteiger partial charge in [-0.1, -0.05) is 0 Å². The number of aliphatic hydroxyl groups excluding tert-OH is 1. The highest BCUT2D eigenvalue weighted by Gasteiger charge is 2.28. The van der Waals surface area contributed by atoms with Crippen molar-refractivity contribution in [3.05, 3.63) is 52.7 Å². The van der Waals surface area contributed by atoms with E-state index in [1.807, 2.05) is 32.0 Å². The van der Waals surface area contributed by atoms with Gasteiger partial charge in [0.25, 0.3) is 0 Å². The number of amides is 2. The smallest absolute Gasteiger partial charge is 0.323 e. The van der Waals surface area contributed by atoms with Crippen LogP contribution in [-0.4, -0.2) is 41.4 Å². The van der Waals surface area contributed by atoms with Gasteiger partial charge < -0.3 is 19.9 Å². The van der Waals surface area contributed by atoms with Crippen LogP contribution < -0.4 is 14.8 Å². The summed E-state index contributed by atoms with van der Waals surface area (Å²) in [6, 6.07) is 6.94. The van der Waals surface area contributed by atoms with Crippen LogP contribution in [0.2, 0.25) is 0 Å². The molecule has 2 N–H and O–H groups in total. The lowest BCUT2D eigenvalue weighted by molar-refractivity contribution is 0.152. The minimum atomic E-state index is -0.997. The molecule has 0 saturated heterocycles. The Hall–Kier alpha value is -3.06. The van der Waals surface area contributed by atoms with Crippen LogP contribution in [0, 0.1) is 13.8 Å². The van der Waals surface area contributed by atoms with Crippen LogP contribution in [-0.2, 0) is 0 Å². The molecule has 3 rings (SSSR count). The van der Waals surface area contributed by atoms with E-state index < -0.39 is 6.23 Å². The van der Waals surface area contributed by atoms with Crippen LogP contribution in [0.3, 0.4) is 0 Å². The van der Waals surface area contributed by atoms with E-state index >= 15 is 0 Å². The van der Waals surface area contributed by atoms with E-state index in [0.29, 0.717) is 28.6 Å². The SMILES string of the molecule is COc1cc(Oc2ccc(C3=C(C)C(O)NC(=O)N3C)c(C)c2)ncc1C. The highest BCUT2D eigenvalue weighted by molar-refractivity contribution is 5.90. The fourth-order valence-corrected chi connectivity index (χ4v) is 3.06. The van der Waals surface area contributed by atoms with Crippen molar-refractivity contribution in [2.24, 2.45) is 0 Å². The van der Waals surface area contributed by atoms with Crippen LogP contribution in [0.1, 0.15) is 23.6 Å². The number of ether oxygens (including phenoxy) is 2. The zero-order chi connectivity index (χ0) is 19.7. The summed E-state index contributed by atoms with van der Waals surface area (Å²) in [5.74, 6) is 1.76. The first-order valence-electron chi connectivity index (χ1n) is 8.54. The quantitative estimate of drug-likeness (QED) is 0.865. The Morgan fingerprint density at radius 3 is 2.59 bits per heavy atom. The lowest BCUT2D eigenvalue weighted by Gasteiger charge is -2.32. The van der Waals surface area contributed by atoms with Gasteiger partial charge in [-0.3, -0.25) is 4.90 Å². The van der Waals surface area contributed by atoms with Crippen molar-refractivity contribution < 1.29 is 19.4 Å². The summed E-state index contributed by atoms with van der Waals surface area (Å²) in [6.07, 6.45) is 0.698. The average molecular weight is 369 g/mol. The van der Waals surface area contributed by atoms with E-state index in [0.717, 1.165) is 16.7 Å². The molecule has 1 unspecified atom stereocenters. The standard InChI is InChI=1S/C20H23N3O4/c1-11-8-14(27-17-9-16(26-5)12(2)10-21-17)6-7-15(11)18-13(3)19(24)22-20(25)23(18)4/h6-10,19,24H,1-5H3,(H,22,25). The minimum absolute atomic E-state index is 0.348. The Bertz CT molecular complexity index is 923. The Morgan fingerprint density at radius 1 is 1.19 bits per heavy atom. The first-order chi connectivity index (χ1) is 12.8. The van der Waals surface area contributed by atoms with E-state index in [-0.39, 0.29) is 6.03 Å². The summed E-state index contributed by atoms with van der Waals surface area (Å²) in [4.78, 5) is 17.8. The van der Waals surface area contributed by atoms with Gasteiger partial charge in [0.1, 0.15) is 11.5 Å². The van der Waals surface area contributed by atoms with Crippen molar-refractivity contribution in [2.75, 3.05) is 14.2 Å². The summed E-state index contributed by atoms with van der Waals surface area (Å²) in [5.41, 5.74) is 4.06. The lowest BCUT2D eigenvalue weighted by Crippen LogP contribution is -2.48. The summed E-state index contributed by atoms with van der Waals surface area (Å²) in [5, 5.41) is 12.5. The zero-order valence-corrected chi connectivity index (χ0v) is 16.0. The maximum Gasteiger partial charge on any atom is 0.323 e. The van der Waals surface area contributed by atoms with Crippen molar-refractivity contribution >= 4 is 11.7 Å². The lowest BCUT2D eigenvalue weighted by atomic mass is 9.99. The number of aryl methyl sites for hydroxylation is 2. The van der Waals surface area contributed by atoms with Gasteiger partial charge in [0.05, 0.1) is 12.8 Å². The van der Waals surface area contributed by atoms with Gasteiger partial charge in [-0.15, -0.1) is 0 Å². The molecule has 0 spiro atoms. The molecule has 2 aromatic rings. The van der Waals surface area contributed by atoms with E-state index in [9.17, 15) is 9.90 Å². The van der Waals surface area contributed by atoms with Crippen LogP contribution in [0.4, 0.5) is 4.79 Å². The number of urea groups is 1. The Labute approximate surface area is 158 Å². The molecule has 142 valence electrons. The normalized spacial score (nSPS) is 17.0. The summed E-state index contributed by atoms with van der Waals surface area (Å²) in [6.45, 7) is 5.64. The predicted octanol–water partition coefficient (Wildman–Crippen LogP) is 3.20. The summed E-state index contributed by atoms with van der Waals surface area (Å²) >= 11 is 0. The second kappa shape index (κ2) is 7.28. The molecule has 2 heterocycles. The van der Waals surface area contributed by atoms with Gasteiger partial charge in [-0.25, -0.2) is 9.78 Å². The maximum atomic E-state index is 12.0. The number of benzene rings is 1. The molecule has 1 aromatic heterocycles. The number of pyridine rings is 1. The summed E-state index contributed by atoms with van der Waals surface area (Å²) in [7, 11) is 3.28. The van der Waals surface area contributed by atoms with Crippen LogP contribution in [0.15, 0.2) is 36.0 Å². The number of aromatic nitrogens is 1. The average Bonchev–Trinajstić information content (AvgIpc) is 2.63. The van der Waals surface area contributed by atoms with Crippen molar-refractivity contribution in [1.82, 2.24) is 15.2 Å². The number of nitrogens with zero attached hydrogens (tertiary/aromatic N) is 2. The second-order valence-corrected chi connectivity index (χ2v) is 6.51. The van der Waals surface area contributed by atoms with Crippen molar-refractivity contribution in [3.8, 4) is 17.4 Å². The fraction of sp³-hybridized carbons (Fsp3) is 0.300. The number of rotatable bonds is 4. The molecule has 1 aliphatic rings. The highest BCUT2D eigenvalue weighted by Crippen LogP contribution is 2.32. The molecular formula is C20H23N3O4. The molecule has 1 atom stereocenters. The number of hydrogen-bond acceptors (Lipinski definition) is 5. The predicted molar refractivity (Wildman–Crippen MR) is 102 cm³/mol. The Kier molecular flexibility index (Phi) is 5.05. The molecule has 0 bridgehead atoms. The van der Waals surface area contributed by atoms with Gasteiger partial charge in [0.15, 0.2) is 6.23 Å². The van der Waals surface area contributed by atoms with Gasteiger partial charge >= 0.3 is 6.03 Å². The van der Waals surface area contributed by atoms with Crippen LogP contribution >= 0.6 is 0 Å². The van der Waals surface area contributed by atoms with Crippen LogP contribution in [0.5, 0.6) is 17.4 Å². The van der Waals surface area contributed by atoms with E-state index in [1.54, 1.807) is 33.3 Å². The molecule has 7 nitrogen and oxygen atoms in total. The van der Waals surface area contributed by atoms with Crippen LogP contribution in [0.25, 0.3) is 5.70 Å². The molecule has 0 aliphatic carbocycles. The van der Waals surface area contributed by atoms with Gasteiger partial charge in [0.2, 0.25) is 5.88 Å². The number of hydrogen-bond donors (Lipinski definition) is 2. The minimum Gasteiger partial charge on any atom is -0.496 e. The Morgan fingerprint density at radius 2 is 1.93 bits per heavy atom. The molecule has 0 radical (unpaired) electrons. The fourth-order valence-electron chi connectivity index (χ4n) is 3.06. The number of carbonyl (C=O) groups is 1. The molecule has 2 amide bonds. The van der Waals surface area contributed by atoms with E-state index in [2.05, 4.69) is 10.3 Å². The number of aliphatic hydroxyl groups is 1. The van der Waals surface area contributed by atoms with E-state index in [4.69, 9.17) is 9.47 Å². The molecule has 1 aliphatic heterocycles. The van der Waals surface area contributed by atoms with E-state index in [1.165, 1.54) is 4.90 Å². The number of nitrogens with one attached hydrogen (secondary N) is 1. The van der Waals surface area contributed by atoms with Crippen molar-refractivity contribution in [2.45, 2.75) is 27.0 Å². The monoisotopic (exact) mass is 369 g/mol. The number of carbonyl (C=O) groups excluding carboxylic acids is 1. The molecular weight excluding hydrogens is 346 g/mol. The third-order valence-electron chi connectivity index (χ3n) is 4.61. The van der Waals surface area contributed by atoms with Crippen molar-refractivity contribution in [1.29, 1.82) is 0 Å². The summed E-state index contributed by atoms with van der Waals surface area (Å²) < 4.78 is 11.1. The van der Waals surface area contributed by atoms with Crippen molar-refractivity contribution in [3.63, 3.8) is 0 Å². The number of methoxy groups -OCH3 is 1. The molecule has 27 heavy (non-hydrogen) atoms. The van der Waals surface area contributed by atoms with Gasteiger partial charge in [0, 0.05) is 30.4 Å². The second-order valence-electron chi connectivity index (χ2n) is 6.51. The third-order valence-corrected chi connectivity index (χ3v) is 4.61. The molecule has 0 fully saturated rings. The van der Waals surface area contributed by atoms with Gasteiger partial charge in [-0.05, 0) is 50.1 Å². The maximum absolute atomic E-state index is 12.0. The topological polar surface area (TPSA) is 83.9 Å². The Balaban J connectivity index is 1.92. The first kappa shape index (κ1) is 18.7.